The van der Waals surface area contributed by atoms with E-state index in [1.165, 1.54) is 48.4 Å². The zero-order chi connectivity index (χ0) is 17.3. The van der Waals surface area contributed by atoms with Crippen LogP contribution >= 0.6 is 35.3 Å². The van der Waals surface area contributed by atoms with Crippen molar-refractivity contribution in [1.29, 1.82) is 0 Å². The number of likely N-dealkylation sites (tertiary alicyclic amines) is 1. The number of nitrogens with one attached hydrogen (secondary N) is 2. The van der Waals surface area contributed by atoms with E-state index in [9.17, 15) is 0 Å². The Bertz CT molecular complexity index is 666. The van der Waals surface area contributed by atoms with E-state index in [-0.39, 0.29) is 24.0 Å². The van der Waals surface area contributed by atoms with Gasteiger partial charge in [-0.05, 0) is 48.5 Å². The molecule has 2 heterocycles. The van der Waals surface area contributed by atoms with Crippen LogP contribution in [-0.2, 0) is 19.6 Å². The summed E-state index contributed by atoms with van der Waals surface area (Å²) in [5.74, 6) is 0.848. The largest absolute Gasteiger partial charge is 0.352 e. The molecule has 1 fully saturated rings. The molecule has 1 saturated heterocycles. The van der Waals surface area contributed by atoms with Crippen molar-refractivity contribution in [3.8, 4) is 0 Å². The molecule has 2 N–H and O–H groups in total. The summed E-state index contributed by atoms with van der Waals surface area (Å²) >= 11 is 1.76. The highest BCUT2D eigenvalue weighted by molar-refractivity contribution is 14.0. The lowest BCUT2D eigenvalue weighted by molar-refractivity contribution is 0.220. The standard InChI is InChI=1S/C20H28N4S.HI/c1-21-20(23-15-19-10-7-13-25-19)22-14-17-8-3-4-9-18(17)16-24-11-5-2-6-12-24;/h3-4,7-10,13H,2,5-6,11-12,14-16H2,1H3,(H2,21,22,23);1H. The summed E-state index contributed by atoms with van der Waals surface area (Å²) in [6, 6.07) is 13.0. The molecule has 0 spiro atoms. The molecule has 0 aliphatic carbocycles. The summed E-state index contributed by atoms with van der Waals surface area (Å²) in [6.07, 6.45) is 4.05. The van der Waals surface area contributed by atoms with Crippen molar-refractivity contribution in [2.75, 3.05) is 20.1 Å². The second kappa shape index (κ2) is 11.6. The summed E-state index contributed by atoms with van der Waals surface area (Å²) in [4.78, 5) is 8.23. The summed E-state index contributed by atoms with van der Waals surface area (Å²) in [5.41, 5.74) is 2.78. The lowest BCUT2D eigenvalue weighted by Crippen LogP contribution is -2.36. The van der Waals surface area contributed by atoms with Crippen molar-refractivity contribution < 1.29 is 0 Å². The third kappa shape index (κ3) is 6.55. The van der Waals surface area contributed by atoms with Crippen molar-refractivity contribution >= 4 is 41.3 Å². The highest BCUT2D eigenvalue weighted by Crippen LogP contribution is 2.16. The van der Waals surface area contributed by atoms with E-state index in [4.69, 9.17) is 0 Å². The van der Waals surface area contributed by atoms with E-state index >= 15 is 0 Å². The van der Waals surface area contributed by atoms with Crippen LogP contribution in [0.3, 0.4) is 0 Å². The molecule has 3 rings (SSSR count). The fraction of sp³-hybridized carbons (Fsp3) is 0.450. The number of hydrogen-bond acceptors (Lipinski definition) is 3. The molecule has 0 amide bonds. The number of hydrogen-bond donors (Lipinski definition) is 2. The van der Waals surface area contributed by atoms with Gasteiger partial charge in [-0.25, -0.2) is 0 Å². The maximum atomic E-state index is 4.34. The molecule has 6 heteroatoms. The monoisotopic (exact) mass is 484 g/mol. The Morgan fingerprint density at radius 1 is 1.00 bits per heavy atom. The number of nitrogens with zero attached hydrogens (tertiary/aromatic N) is 2. The predicted octanol–water partition coefficient (Wildman–Crippen LogP) is 4.22. The molecular weight excluding hydrogens is 455 g/mol. The minimum atomic E-state index is 0. The SMILES string of the molecule is CN=C(NCc1cccs1)NCc1ccccc1CN1CCCCC1.I. The summed E-state index contributed by atoms with van der Waals surface area (Å²) < 4.78 is 0. The summed E-state index contributed by atoms with van der Waals surface area (Å²) in [6.45, 7) is 5.12. The molecule has 1 aliphatic rings. The molecule has 0 bridgehead atoms. The summed E-state index contributed by atoms with van der Waals surface area (Å²) in [7, 11) is 1.82. The maximum Gasteiger partial charge on any atom is 0.191 e. The Balaban J connectivity index is 0.00000243. The highest BCUT2D eigenvalue weighted by atomic mass is 127. The van der Waals surface area contributed by atoms with E-state index in [2.05, 4.69) is 62.3 Å². The number of piperidine rings is 1. The third-order valence-electron chi connectivity index (χ3n) is 4.64. The Hall–Kier alpha value is -1.12. The fourth-order valence-electron chi connectivity index (χ4n) is 3.23. The number of thiophene rings is 1. The molecule has 0 unspecified atom stereocenters. The Labute approximate surface area is 178 Å². The number of guanidine groups is 1. The molecule has 0 saturated carbocycles. The van der Waals surface area contributed by atoms with Gasteiger partial charge >= 0.3 is 0 Å². The summed E-state index contributed by atoms with van der Waals surface area (Å²) in [5, 5.41) is 8.93. The van der Waals surface area contributed by atoms with Crippen molar-refractivity contribution in [3.63, 3.8) is 0 Å². The zero-order valence-corrected chi connectivity index (χ0v) is 18.6. The molecular formula is C20H29IN4S. The molecule has 1 aromatic carbocycles. The van der Waals surface area contributed by atoms with Gasteiger partial charge < -0.3 is 10.6 Å². The normalized spacial score (nSPS) is 15.3. The van der Waals surface area contributed by atoms with Gasteiger partial charge in [0, 0.05) is 25.0 Å². The average molecular weight is 484 g/mol. The Morgan fingerprint density at radius 3 is 2.42 bits per heavy atom. The second-order valence-electron chi connectivity index (χ2n) is 6.46. The first-order chi connectivity index (χ1) is 12.3. The van der Waals surface area contributed by atoms with E-state index in [1.807, 2.05) is 7.05 Å². The van der Waals surface area contributed by atoms with Gasteiger partial charge in [0.25, 0.3) is 0 Å². The smallest absolute Gasteiger partial charge is 0.191 e. The molecule has 0 atom stereocenters. The van der Waals surface area contributed by atoms with Crippen molar-refractivity contribution in [2.45, 2.75) is 38.9 Å². The molecule has 2 aromatic rings. The van der Waals surface area contributed by atoms with Gasteiger partial charge in [-0.3, -0.25) is 9.89 Å². The number of benzene rings is 1. The van der Waals surface area contributed by atoms with Crippen LogP contribution in [0.15, 0.2) is 46.8 Å². The Morgan fingerprint density at radius 2 is 1.73 bits per heavy atom. The van der Waals surface area contributed by atoms with Crippen LogP contribution < -0.4 is 10.6 Å². The maximum absolute atomic E-state index is 4.34. The lowest BCUT2D eigenvalue weighted by Gasteiger charge is -2.27. The quantitative estimate of drug-likeness (QED) is 0.367. The van der Waals surface area contributed by atoms with Gasteiger partial charge in [0.1, 0.15) is 0 Å². The van der Waals surface area contributed by atoms with Gasteiger partial charge in [-0.1, -0.05) is 36.8 Å². The van der Waals surface area contributed by atoms with Gasteiger partial charge in [0.15, 0.2) is 5.96 Å². The molecule has 26 heavy (non-hydrogen) atoms. The van der Waals surface area contributed by atoms with E-state index in [1.54, 1.807) is 11.3 Å². The van der Waals surface area contributed by atoms with Crippen molar-refractivity contribution in [2.24, 2.45) is 4.99 Å². The van der Waals surface area contributed by atoms with Gasteiger partial charge in [0.2, 0.25) is 0 Å². The first-order valence-corrected chi connectivity index (χ1v) is 9.99. The molecule has 4 nitrogen and oxygen atoms in total. The lowest BCUT2D eigenvalue weighted by atomic mass is 10.0. The minimum absolute atomic E-state index is 0. The van der Waals surface area contributed by atoms with Gasteiger partial charge in [-0.15, -0.1) is 35.3 Å². The number of rotatable bonds is 6. The molecule has 0 radical (unpaired) electrons. The van der Waals surface area contributed by atoms with Crippen LogP contribution in [0.4, 0.5) is 0 Å². The topological polar surface area (TPSA) is 39.7 Å². The van der Waals surface area contributed by atoms with Gasteiger partial charge in [-0.2, -0.15) is 0 Å². The van der Waals surface area contributed by atoms with Crippen LogP contribution in [0.25, 0.3) is 0 Å². The first kappa shape index (κ1) is 21.2. The first-order valence-electron chi connectivity index (χ1n) is 9.11. The van der Waals surface area contributed by atoms with E-state index in [0.717, 1.165) is 25.6 Å². The molecule has 142 valence electrons. The van der Waals surface area contributed by atoms with Crippen LogP contribution in [0.1, 0.15) is 35.3 Å². The van der Waals surface area contributed by atoms with Crippen LogP contribution in [0.5, 0.6) is 0 Å². The van der Waals surface area contributed by atoms with Crippen LogP contribution in [-0.4, -0.2) is 31.0 Å². The molecule has 1 aliphatic heterocycles. The number of aliphatic imine (C=N–C) groups is 1. The van der Waals surface area contributed by atoms with Crippen molar-refractivity contribution in [1.82, 2.24) is 15.5 Å². The average Bonchev–Trinajstić information content (AvgIpc) is 3.17. The fourth-order valence-corrected chi connectivity index (χ4v) is 3.87. The molecule has 1 aromatic heterocycles. The Kier molecular flexibility index (Phi) is 9.42. The predicted molar refractivity (Wildman–Crippen MR) is 122 cm³/mol. The third-order valence-corrected chi connectivity index (χ3v) is 5.52. The van der Waals surface area contributed by atoms with E-state index < -0.39 is 0 Å². The number of halogens is 1. The minimum Gasteiger partial charge on any atom is -0.352 e. The highest BCUT2D eigenvalue weighted by Gasteiger charge is 2.12. The second-order valence-corrected chi connectivity index (χ2v) is 7.50. The van der Waals surface area contributed by atoms with Gasteiger partial charge in [0.05, 0.1) is 6.54 Å². The zero-order valence-electron chi connectivity index (χ0n) is 15.4. The van der Waals surface area contributed by atoms with E-state index in [0.29, 0.717) is 0 Å². The van der Waals surface area contributed by atoms with Crippen LogP contribution in [0, 0.1) is 0 Å². The van der Waals surface area contributed by atoms with Crippen molar-refractivity contribution in [3.05, 3.63) is 57.8 Å². The van der Waals surface area contributed by atoms with Crippen LogP contribution in [0.2, 0.25) is 0 Å².